The highest BCUT2D eigenvalue weighted by Crippen LogP contribution is 1.93. The Morgan fingerprint density at radius 3 is 2.85 bits per heavy atom. The normalized spacial score (nSPS) is 9.54. The quantitative estimate of drug-likeness (QED) is 0.438. The van der Waals surface area contributed by atoms with Gasteiger partial charge in [0.25, 0.3) is 0 Å². The van der Waals surface area contributed by atoms with Gasteiger partial charge in [-0.2, -0.15) is 9.97 Å². The predicted octanol–water partition coefficient (Wildman–Crippen LogP) is -1.76. The van der Waals surface area contributed by atoms with Crippen molar-refractivity contribution in [1.29, 1.82) is 0 Å². The van der Waals surface area contributed by atoms with Gasteiger partial charge in [-0.15, -0.1) is 0 Å². The van der Waals surface area contributed by atoms with Crippen molar-refractivity contribution in [3.8, 4) is 0 Å². The molecule has 0 aliphatic heterocycles. The zero-order valence-electron chi connectivity index (χ0n) is 6.44. The number of rotatable bonds is 3. The van der Waals surface area contributed by atoms with Gasteiger partial charge in [0, 0.05) is 0 Å². The Morgan fingerprint density at radius 2 is 2.31 bits per heavy atom. The maximum absolute atomic E-state index is 10.7. The number of carbonyl (C=O) groups is 1. The average molecular weight is 185 g/mol. The van der Waals surface area contributed by atoms with E-state index in [1.165, 1.54) is 0 Å². The third-order valence-electron chi connectivity index (χ3n) is 1.07. The summed E-state index contributed by atoms with van der Waals surface area (Å²) in [5.41, 5.74) is 4.49. The van der Waals surface area contributed by atoms with E-state index in [1.54, 1.807) is 0 Å². The molecule has 13 heavy (non-hydrogen) atoms. The first-order chi connectivity index (χ1) is 6.08. The topological polar surface area (TPSA) is 134 Å². The summed E-state index contributed by atoms with van der Waals surface area (Å²) in [4.78, 5) is 29.8. The summed E-state index contributed by atoms with van der Waals surface area (Å²) in [6.45, 7) is -0.372. The molecule has 1 aromatic rings. The number of nitrogens with zero attached hydrogens (tertiary/aromatic N) is 2. The summed E-state index contributed by atoms with van der Waals surface area (Å²) in [5.74, 6) is -1.31. The van der Waals surface area contributed by atoms with Gasteiger partial charge in [0.1, 0.15) is 6.54 Å². The molecule has 5 N–H and O–H groups in total. The molecule has 0 atom stereocenters. The Balaban J connectivity index is 2.77. The number of carboxylic acid groups (broad SMARTS) is 1. The fraction of sp³-hybridized carbons (Fsp3) is 0.200. The van der Waals surface area contributed by atoms with Gasteiger partial charge in [-0.3, -0.25) is 9.78 Å². The smallest absolute Gasteiger partial charge is 0.350 e. The summed E-state index contributed by atoms with van der Waals surface area (Å²) in [7, 11) is 0. The molecule has 8 heteroatoms. The SMILES string of the molecule is Nc1nc(NCC(=O)O)nc(=O)[nH]1. The first-order valence-electron chi connectivity index (χ1n) is 3.27. The molecular formula is C5H7N5O3. The zero-order chi connectivity index (χ0) is 9.84. The first kappa shape index (κ1) is 8.97. The lowest BCUT2D eigenvalue weighted by molar-refractivity contribution is -0.134. The van der Waals surface area contributed by atoms with Crippen molar-refractivity contribution in [2.75, 3.05) is 17.6 Å². The third kappa shape index (κ3) is 2.77. The number of carboxylic acids is 1. The van der Waals surface area contributed by atoms with E-state index in [4.69, 9.17) is 10.8 Å². The summed E-state index contributed by atoms with van der Waals surface area (Å²) in [5, 5.41) is 10.6. The maximum Gasteiger partial charge on any atom is 0.350 e. The fourth-order valence-corrected chi connectivity index (χ4v) is 0.634. The molecule has 0 fully saturated rings. The van der Waals surface area contributed by atoms with Crippen LogP contribution in [0.3, 0.4) is 0 Å². The van der Waals surface area contributed by atoms with Gasteiger partial charge in [-0.1, -0.05) is 0 Å². The molecule has 0 aromatic carbocycles. The van der Waals surface area contributed by atoms with E-state index >= 15 is 0 Å². The van der Waals surface area contributed by atoms with Crippen LogP contribution in [0.2, 0.25) is 0 Å². The second-order valence-corrected chi connectivity index (χ2v) is 2.11. The van der Waals surface area contributed by atoms with E-state index in [1.807, 2.05) is 0 Å². The van der Waals surface area contributed by atoms with Crippen molar-refractivity contribution < 1.29 is 9.90 Å². The zero-order valence-corrected chi connectivity index (χ0v) is 6.44. The molecule has 8 nitrogen and oxygen atoms in total. The number of aromatic amines is 1. The van der Waals surface area contributed by atoms with Crippen molar-refractivity contribution in [2.24, 2.45) is 0 Å². The molecule has 0 amide bonds. The van der Waals surface area contributed by atoms with E-state index in [0.717, 1.165) is 0 Å². The predicted molar refractivity (Wildman–Crippen MR) is 43.2 cm³/mol. The lowest BCUT2D eigenvalue weighted by atomic mass is 10.6. The minimum atomic E-state index is -1.08. The molecule has 1 heterocycles. The molecule has 0 saturated carbocycles. The van der Waals surface area contributed by atoms with Crippen molar-refractivity contribution >= 4 is 17.9 Å². The average Bonchev–Trinajstić information content (AvgIpc) is 1.99. The molecule has 0 spiro atoms. The minimum Gasteiger partial charge on any atom is -0.480 e. The molecule has 0 unspecified atom stereocenters. The molecule has 70 valence electrons. The van der Waals surface area contributed by atoms with Crippen molar-refractivity contribution in [2.45, 2.75) is 0 Å². The summed E-state index contributed by atoms with van der Waals surface area (Å²) < 4.78 is 0. The Bertz CT molecular complexity index is 373. The number of H-pyrrole nitrogens is 1. The summed E-state index contributed by atoms with van der Waals surface area (Å²) in [6, 6.07) is 0. The van der Waals surface area contributed by atoms with Gasteiger partial charge >= 0.3 is 11.7 Å². The molecule has 0 aliphatic rings. The van der Waals surface area contributed by atoms with Crippen LogP contribution in [0.25, 0.3) is 0 Å². The van der Waals surface area contributed by atoms with Crippen LogP contribution in [-0.2, 0) is 4.79 Å². The Labute approximate surface area is 71.8 Å². The second kappa shape index (κ2) is 3.52. The highest BCUT2D eigenvalue weighted by Gasteiger charge is 2.01. The summed E-state index contributed by atoms with van der Waals surface area (Å²) in [6.07, 6.45) is 0. The van der Waals surface area contributed by atoms with E-state index in [9.17, 15) is 9.59 Å². The lowest BCUT2D eigenvalue weighted by Gasteiger charge is -1.99. The van der Waals surface area contributed by atoms with E-state index in [0.29, 0.717) is 0 Å². The number of nitrogen functional groups attached to an aromatic ring is 1. The van der Waals surface area contributed by atoms with Gasteiger partial charge in [-0.05, 0) is 0 Å². The van der Waals surface area contributed by atoms with Crippen LogP contribution in [0.1, 0.15) is 0 Å². The number of hydrogen-bond donors (Lipinski definition) is 4. The fourth-order valence-electron chi connectivity index (χ4n) is 0.634. The first-order valence-corrected chi connectivity index (χ1v) is 3.27. The molecule has 0 bridgehead atoms. The van der Waals surface area contributed by atoms with Crippen LogP contribution in [0, 0.1) is 0 Å². The summed E-state index contributed by atoms with van der Waals surface area (Å²) >= 11 is 0. The maximum atomic E-state index is 10.7. The van der Waals surface area contributed by atoms with Gasteiger partial charge in [-0.25, -0.2) is 4.79 Å². The second-order valence-electron chi connectivity index (χ2n) is 2.11. The monoisotopic (exact) mass is 185 g/mol. The minimum absolute atomic E-state index is 0.108. The van der Waals surface area contributed by atoms with Crippen LogP contribution >= 0.6 is 0 Å². The molecular weight excluding hydrogens is 178 g/mol. The van der Waals surface area contributed by atoms with E-state index in [-0.39, 0.29) is 18.4 Å². The van der Waals surface area contributed by atoms with Crippen molar-refractivity contribution in [1.82, 2.24) is 15.0 Å². The largest absolute Gasteiger partial charge is 0.480 e. The lowest BCUT2D eigenvalue weighted by Crippen LogP contribution is -2.20. The standard InChI is InChI=1S/C5H7N5O3/c6-3-8-4(7-1-2(11)12)10-5(13)9-3/h1H2,(H,11,12)(H4,6,7,8,9,10,13). The van der Waals surface area contributed by atoms with Gasteiger partial charge < -0.3 is 16.2 Å². The Hall–Kier alpha value is -2.12. The molecule has 1 aromatic heterocycles. The van der Waals surface area contributed by atoms with Crippen LogP contribution < -0.4 is 16.7 Å². The highest BCUT2D eigenvalue weighted by molar-refractivity contribution is 5.71. The number of hydrogen-bond acceptors (Lipinski definition) is 6. The number of aliphatic carboxylic acids is 1. The van der Waals surface area contributed by atoms with Crippen LogP contribution in [-0.4, -0.2) is 32.6 Å². The van der Waals surface area contributed by atoms with Crippen LogP contribution in [0.4, 0.5) is 11.9 Å². The number of aromatic nitrogens is 3. The third-order valence-corrected chi connectivity index (χ3v) is 1.07. The van der Waals surface area contributed by atoms with Gasteiger partial charge in [0.2, 0.25) is 11.9 Å². The van der Waals surface area contributed by atoms with Crippen LogP contribution in [0.15, 0.2) is 4.79 Å². The van der Waals surface area contributed by atoms with Gasteiger partial charge in [0.15, 0.2) is 0 Å². The van der Waals surface area contributed by atoms with E-state index in [2.05, 4.69) is 20.3 Å². The molecule has 0 radical (unpaired) electrons. The molecule has 1 rings (SSSR count). The Morgan fingerprint density at radius 1 is 1.62 bits per heavy atom. The molecule has 0 saturated heterocycles. The molecule has 0 aliphatic carbocycles. The van der Waals surface area contributed by atoms with Crippen molar-refractivity contribution in [3.05, 3.63) is 10.5 Å². The number of nitrogens with two attached hydrogens (primary N) is 1. The highest BCUT2D eigenvalue weighted by atomic mass is 16.4. The number of anilines is 2. The number of nitrogens with one attached hydrogen (secondary N) is 2. The Kier molecular flexibility index (Phi) is 2.43. The van der Waals surface area contributed by atoms with Crippen molar-refractivity contribution in [3.63, 3.8) is 0 Å². The van der Waals surface area contributed by atoms with E-state index < -0.39 is 11.7 Å². The van der Waals surface area contributed by atoms with Crippen LogP contribution in [0.5, 0.6) is 0 Å². The van der Waals surface area contributed by atoms with Gasteiger partial charge in [0.05, 0.1) is 0 Å².